The predicted molar refractivity (Wildman–Crippen MR) is 55.0 cm³/mol. The van der Waals surface area contributed by atoms with Crippen molar-refractivity contribution in [3.63, 3.8) is 0 Å². The first-order valence-electron chi connectivity index (χ1n) is 4.22. The number of esters is 1. The van der Waals surface area contributed by atoms with Gasteiger partial charge in [-0.15, -0.1) is 0 Å². The van der Waals surface area contributed by atoms with Crippen molar-refractivity contribution in [1.29, 1.82) is 0 Å². The van der Waals surface area contributed by atoms with E-state index in [-0.39, 0.29) is 5.02 Å². The molecule has 0 heterocycles. The number of carbonyl (C=O) groups excluding carboxylic acids is 1. The minimum absolute atomic E-state index is 0.102. The molecule has 1 atom stereocenters. The molecule has 5 heteroatoms. The molecule has 0 fully saturated rings. The van der Waals surface area contributed by atoms with Gasteiger partial charge in [0.15, 0.2) is 0 Å². The largest absolute Gasteiger partial charge is 0.467 e. The van der Waals surface area contributed by atoms with E-state index in [0.29, 0.717) is 5.56 Å². The first-order chi connectivity index (χ1) is 6.89. The van der Waals surface area contributed by atoms with Gasteiger partial charge in [0.25, 0.3) is 0 Å². The average Bonchev–Trinajstić information content (AvgIpc) is 2.15. The molecular weight excluding hydrogens is 221 g/mol. The molecule has 15 heavy (non-hydrogen) atoms. The highest BCUT2D eigenvalue weighted by atomic mass is 35.5. The van der Waals surface area contributed by atoms with Crippen LogP contribution < -0.4 is 5.73 Å². The Kier molecular flexibility index (Phi) is 3.31. The van der Waals surface area contributed by atoms with E-state index in [0.717, 1.165) is 6.07 Å². The standard InChI is InChI=1S/C10H11ClFNO2/c1-10(13,9(14)15-2)7-4-3-6(12)5-8(7)11/h3-5H,13H2,1-2H3. The van der Waals surface area contributed by atoms with E-state index in [1.54, 1.807) is 0 Å². The quantitative estimate of drug-likeness (QED) is 0.790. The zero-order valence-electron chi connectivity index (χ0n) is 8.38. The van der Waals surface area contributed by atoms with Crippen molar-refractivity contribution < 1.29 is 13.9 Å². The monoisotopic (exact) mass is 231 g/mol. The highest BCUT2D eigenvalue weighted by Crippen LogP contribution is 2.27. The van der Waals surface area contributed by atoms with E-state index in [1.165, 1.54) is 26.2 Å². The number of benzene rings is 1. The van der Waals surface area contributed by atoms with Crippen molar-refractivity contribution in [3.8, 4) is 0 Å². The van der Waals surface area contributed by atoms with Crippen molar-refractivity contribution in [2.75, 3.05) is 7.11 Å². The van der Waals surface area contributed by atoms with Crippen LogP contribution >= 0.6 is 11.6 Å². The van der Waals surface area contributed by atoms with Crippen LogP contribution in [0.15, 0.2) is 18.2 Å². The maximum absolute atomic E-state index is 12.8. The lowest BCUT2D eigenvalue weighted by Gasteiger charge is -2.22. The van der Waals surface area contributed by atoms with E-state index >= 15 is 0 Å². The second-order valence-corrected chi connectivity index (χ2v) is 3.73. The highest BCUT2D eigenvalue weighted by Gasteiger charge is 2.33. The lowest BCUT2D eigenvalue weighted by Crippen LogP contribution is -2.42. The third kappa shape index (κ3) is 2.27. The van der Waals surface area contributed by atoms with Gasteiger partial charge in [0.2, 0.25) is 0 Å². The van der Waals surface area contributed by atoms with E-state index in [4.69, 9.17) is 17.3 Å². The molecule has 0 aromatic heterocycles. The third-order valence-electron chi connectivity index (χ3n) is 2.10. The average molecular weight is 232 g/mol. The maximum atomic E-state index is 12.8. The molecule has 0 bridgehead atoms. The molecule has 0 saturated heterocycles. The van der Waals surface area contributed by atoms with Gasteiger partial charge in [0.1, 0.15) is 11.4 Å². The Bertz CT molecular complexity index is 393. The SMILES string of the molecule is COC(=O)C(C)(N)c1ccc(F)cc1Cl. The fraction of sp³-hybridized carbons (Fsp3) is 0.300. The van der Waals surface area contributed by atoms with Crippen molar-refractivity contribution in [1.82, 2.24) is 0 Å². The van der Waals surface area contributed by atoms with Crippen LogP contribution in [0.4, 0.5) is 4.39 Å². The molecule has 0 spiro atoms. The number of rotatable bonds is 2. The summed E-state index contributed by atoms with van der Waals surface area (Å²) in [5, 5.41) is 0.102. The smallest absolute Gasteiger partial charge is 0.330 e. The van der Waals surface area contributed by atoms with Gasteiger partial charge in [0, 0.05) is 10.6 Å². The van der Waals surface area contributed by atoms with Gasteiger partial charge >= 0.3 is 5.97 Å². The Hall–Kier alpha value is -1.13. The molecule has 0 aliphatic heterocycles. The summed E-state index contributed by atoms with van der Waals surface area (Å²) in [6, 6.07) is 3.66. The first-order valence-corrected chi connectivity index (χ1v) is 4.60. The number of hydrogen-bond acceptors (Lipinski definition) is 3. The summed E-state index contributed by atoms with van der Waals surface area (Å²) in [6.45, 7) is 1.46. The molecule has 1 aromatic rings. The number of methoxy groups -OCH3 is 1. The summed E-state index contributed by atoms with van der Waals surface area (Å²) in [7, 11) is 1.23. The summed E-state index contributed by atoms with van der Waals surface area (Å²) < 4.78 is 17.3. The number of halogens is 2. The van der Waals surface area contributed by atoms with Crippen LogP contribution in [-0.4, -0.2) is 13.1 Å². The topological polar surface area (TPSA) is 52.3 Å². The summed E-state index contributed by atoms with van der Waals surface area (Å²) in [6.07, 6.45) is 0. The van der Waals surface area contributed by atoms with Gasteiger partial charge in [0.05, 0.1) is 7.11 Å². The van der Waals surface area contributed by atoms with Gasteiger partial charge < -0.3 is 10.5 Å². The Balaban J connectivity index is 3.21. The lowest BCUT2D eigenvalue weighted by atomic mass is 9.93. The molecule has 0 saturated carbocycles. The molecule has 3 nitrogen and oxygen atoms in total. The van der Waals surface area contributed by atoms with Crippen LogP contribution in [-0.2, 0) is 15.1 Å². The summed E-state index contributed by atoms with van der Waals surface area (Å²) in [4.78, 5) is 11.4. The molecule has 0 amide bonds. The van der Waals surface area contributed by atoms with Gasteiger partial charge in [-0.25, -0.2) is 9.18 Å². The molecular formula is C10H11ClFNO2. The highest BCUT2D eigenvalue weighted by molar-refractivity contribution is 6.31. The van der Waals surface area contributed by atoms with Gasteiger partial charge in [-0.2, -0.15) is 0 Å². The predicted octanol–water partition coefficient (Wildman–Crippen LogP) is 1.83. The van der Waals surface area contributed by atoms with Crippen LogP contribution in [0.1, 0.15) is 12.5 Å². The Morgan fingerprint density at radius 2 is 2.20 bits per heavy atom. The molecule has 0 radical (unpaired) electrons. The van der Waals surface area contributed by atoms with E-state index in [2.05, 4.69) is 4.74 Å². The van der Waals surface area contributed by atoms with Crippen molar-refractivity contribution >= 4 is 17.6 Å². The second kappa shape index (κ2) is 4.16. The minimum atomic E-state index is -1.38. The van der Waals surface area contributed by atoms with Gasteiger partial charge in [-0.05, 0) is 19.1 Å². The number of ether oxygens (including phenoxy) is 1. The Morgan fingerprint density at radius 3 is 2.67 bits per heavy atom. The molecule has 0 aliphatic carbocycles. The number of carbonyl (C=O) groups is 1. The third-order valence-corrected chi connectivity index (χ3v) is 2.41. The fourth-order valence-electron chi connectivity index (χ4n) is 1.23. The van der Waals surface area contributed by atoms with Crippen LogP contribution in [0.25, 0.3) is 0 Å². The summed E-state index contributed by atoms with van der Waals surface area (Å²) in [5.74, 6) is -1.11. The molecule has 1 aromatic carbocycles. The normalized spacial score (nSPS) is 14.5. The molecule has 1 rings (SSSR count). The Morgan fingerprint density at radius 1 is 1.60 bits per heavy atom. The summed E-state index contributed by atoms with van der Waals surface area (Å²) >= 11 is 5.79. The first kappa shape index (κ1) is 11.9. The van der Waals surface area contributed by atoms with Gasteiger partial charge in [-0.1, -0.05) is 17.7 Å². The van der Waals surface area contributed by atoms with E-state index in [1.807, 2.05) is 0 Å². The van der Waals surface area contributed by atoms with E-state index in [9.17, 15) is 9.18 Å². The minimum Gasteiger partial charge on any atom is -0.467 e. The summed E-state index contributed by atoms with van der Waals surface area (Å²) in [5.41, 5.74) is 4.72. The van der Waals surface area contributed by atoms with Crippen LogP contribution in [0.5, 0.6) is 0 Å². The van der Waals surface area contributed by atoms with Gasteiger partial charge in [-0.3, -0.25) is 0 Å². The second-order valence-electron chi connectivity index (χ2n) is 3.32. The Labute approximate surface area is 92.0 Å². The number of hydrogen-bond donors (Lipinski definition) is 1. The molecule has 82 valence electrons. The van der Waals surface area contributed by atoms with Crippen LogP contribution in [0.2, 0.25) is 5.02 Å². The fourth-order valence-corrected chi connectivity index (χ4v) is 1.60. The zero-order chi connectivity index (χ0) is 11.6. The molecule has 1 unspecified atom stereocenters. The molecule has 2 N–H and O–H groups in total. The van der Waals surface area contributed by atoms with Crippen molar-refractivity contribution in [2.24, 2.45) is 5.73 Å². The maximum Gasteiger partial charge on any atom is 0.330 e. The zero-order valence-corrected chi connectivity index (χ0v) is 9.14. The number of nitrogens with two attached hydrogens (primary N) is 1. The van der Waals surface area contributed by atoms with Crippen molar-refractivity contribution in [3.05, 3.63) is 34.6 Å². The van der Waals surface area contributed by atoms with Crippen LogP contribution in [0, 0.1) is 5.82 Å². The molecule has 0 aliphatic rings. The van der Waals surface area contributed by atoms with E-state index < -0.39 is 17.3 Å². The van der Waals surface area contributed by atoms with Crippen LogP contribution in [0.3, 0.4) is 0 Å². The lowest BCUT2D eigenvalue weighted by molar-refractivity contribution is -0.146. The van der Waals surface area contributed by atoms with Crippen molar-refractivity contribution in [2.45, 2.75) is 12.5 Å².